The van der Waals surface area contributed by atoms with Crippen molar-refractivity contribution in [1.29, 1.82) is 0 Å². The molecule has 6 heteroatoms. The SMILES string of the molecule is Cc1ccc(COc2ccn(-c3ccc4c5c(n(C)c4c3)CCNC5)c(=O)c2)nc1. The maximum absolute atomic E-state index is 12.8. The molecular formula is C24H24N4O2. The minimum absolute atomic E-state index is 0.121. The first kappa shape index (κ1) is 18.6. The molecule has 0 spiro atoms. The zero-order valence-corrected chi connectivity index (χ0v) is 17.2. The number of hydrogen-bond donors (Lipinski definition) is 1. The van der Waals surface area contributed by atoms with Crippen LogP contribution in [0.4, 0.5) is 0 Å². The molecule has 4 aromatic rings. The van der Waals surface area contributed by atoms with Gasteiger partial charge in [0.05, 0.1) is 16.9 Å². The lowest BCUT2D eigenvalue weighted by Gasteiger charge is -2.14. The number of pyridine rings is 2. The number of fused-ring (bicyclic) bond motifs is 3. The largest absolute Gasteiger partial charge is 0.487 e. The Hall–Kier alpha value is -3.38. The van der Waals surface area contributed by atoms with Crippen LogP contribution < -0.4 is 15.6 Å². The van der Waals surface area contributed by atoms with E-state index in [0.717, 1.165) is 42.0 Å². The lowest BCUT2D eigenvalue weighted by Crippen LogP contribution is -2.24. The topological polar surface area (TPSA) is 61.1 Å². The third-order valence-corrected chi connectivity index (χ3v) is 5.79. The van der Waals surface area contributed by atoms with Crippen LogP contribution in [-0.2, 0) is 26.6 Å². The van der Waals surface area contributed by atoms with Gasteiger partial charge in [-0.15, -0.1) is 0 Å². The van der Waals surface area contributed by atoms with E-state index in [9.17, 15) is 4.79 Å². The van der Waals surface area contributed by atoms with Crippen molar-refractivity contribution in [3.8, 4) is 11.4 Å². The normalized spacial score (nSPS) is 13.4. The standard InChI is InChI=1S/C24H24N4O2/c1-16-3-4-17(26-13-16)15-30-19-8-10-28(24(29)12-19)18-5-6-20-21-14-25-9-7-22(21)27(2)23(20)11-18/h3-6,8,10-13,25H,7,9,14-15H2,1-2H3. The Labute approximate surface area is 174 Å². The van der Waals surface area contributed by atoms with Crippen LogP contribution in [0.3, 0.4) is 0 Å². The number of rotatable bonds is 4. The summed E-state index contributed by atoms with van der Waals surface area (Å²) < 4.78 is 9.67. The molecule has 1 aromatic carbocycles. The molecule has 0 amide bonds. The lowest BCUT2D eigenvalue weighted by molar-refractivity contribution is 0.300. The van der Waals surface area contributed by atoms with E-state index in [1.807, 2.05) is 37.4 Å². The molecule has 6 nitrogen and oxygen atoms in total. The number of nitrogens with zero attached hydrogens (tertiary/aromatic N) is 3. The molecular weight excluding hydrogens is 376 g/mol. The van der Waals surface area contributed by atoms with Gasteiger partial charge in [0, 0.05) is 56.1 Å². The van der Waals surface area contributed by atoms with Crippen LogP contribution in [0.15, 0.2) is 59.7 Å². The van der Waals surface area contributed by atoms with Gasteiger partial charge in [-0.1, -0.05) is 12.1 Å². The number of aromatic nitrogens is 3. The number of nitrogens with one attached hydrogen (secondary N) is 1. The van der Waals surface area contributed by atoms with Crippen LogP contribution >= 0.6 is 0 Å². The van der Waals surface area contributed by atoms with Crippen molar-refractivity contribution in [3.63, 3.8) is 0 Å². The quantitative estimate of drug-likeness (QED) is 0.571. The van der Waals surface area contributed by atoms with E-state index in [4.69, 9.17) is 4.74 Å². The molecule has 0 fully saturated rings. The van der Waals surface area contributed by atoms with Gasteiger partial charge in [0.25, 0.3) is 5.56 Å². The predicted octanol–water partition coefficient (Wildman–Crippen LogP) is 3.26. The monoisotopic (exact) mass is 400 g/mol. The van der Waals surface area contributed by atoms with E-state index in [1.54, 1.807) is 10.8 Å². The first-order valence-electron chi connectivity index (χ1n) is 10.2. The Bertz CT molecular complexity index is 1290. The van der Waals surface area contributed by atoms with Gasteiger partial charge in [-0.25, -0.2) is 0 Å². The first-order valence-corrected chi connectivity index (χ1v) is 10.2. The van der Waals surface area contributed by atoms with Gasteiger partial charge in [-0.3, -0.25) is 14.3 Å². The van der Waals surface area contributed by atoms with Crippen molar-refractivity contribution in [2.75, 3.05) is 6.54 Å². The zero-order valence-electron chi connectivity index (χ0n) is 17.2. The number of benzene rings is 1. The fourth-order valence-corrected chi connectivity index (χ4v) is 4.15. The second-order valence-electron chi connectivity index (χ2n) is 7.80. The average molecular weight is 400 g/mol. The highest BCUT2D eigenvalue weighted by molar-refractivity contribution is 5.87. The molecule has 0 atom stereocenters. The molecule has 4 heterocycles. The number of hydrogen-bond acceptors (Lipinski definition) is 4. The summed E-state index contributed by atoms with van der Waals surface area (Å²) in [6.45, 7) is 4.23. The van der Waals surface area contributed by atoms with E-state index < -0.39 is 0 Å². The Balaban J connectivity index is 1.43. The fraction of sp³-hybridized carbons (Fsp3) is 0.250. The summed E-state index contributed by atoms with van der Waals surface area (Å²) >= 11 is 0. The van der Waals surface area contributed by atoms with E-state index >= 15 is 0 Å². The maximum atomic E-state index is 12.8. The number of ether oxygens (including phenoxy) is 1. The van der Waals surface area contributed by atoms with Crippen LogP contribution in [-0.4, -0.2) is 20.7 Å². The minimum Gasteiger partial charge on any atom is -0.487 e. The maximum Gasteiger partial charge on any atom is 0.258 e. The highest BCUT2D eigenvalue weighted by Crippen LogP contribution is 2.29. The third-order valence-electron chi connectivity index (χ3n) is 5.79. The van der Waals surface area contributed by atoms with Gasteiger partial charge in [-0.2, -0.15) is 0 Å². The second-order valence-corrected chi connectivity index (χ2v) is 7.80. The molecule has 1 aliphatic rings. The molecule has 0 radical (unpaired) electrons. The number of aryl methyl sites for hydroxylation is 2. The predicted molar refractivity (Wildman–Crippen MR) is 117 cm³/mol. The molecule has 0 aliphatic carbocycles. The smallest absolute Gasteiger partial charge is 0.258 e. The van der Waals surface area contributed by atoms with Crippen molar-refractivity contribution in [1.82, 2.24) is 19.4 Å². The second kappa shape index (κ2) is 7.46. The highest BCUT2D eigenvalue weighted by Gasteiger charge is 2.18. The Morgan fingerprint density at radius 2 is 2.07 bits per heavy atom. The highest BCUT2D eigenvalue weighted by atomic mass is 16.5. The first-order chi connectivity index (χ1) is 14.6. The van der Waals surface area contributed by atoms with E-state index in [0.29, 0.717) is 12.4 Å². The lowest BCUT2D eigenvalue weighted by atomic mass is 10.1. The molecule has 3 aromatic heterocycles. The van der Waals surface area contributed by atoms with Crippen LogP contribution in [0.1, 0.15) is 22.5 Å². The van der Waals surface area contributed by atoms with Crippen molar-refractivity contribution >= 4 is 10.9 Å². The van der Waals surface area contributed by atoms with Crippen molar-refractivity contribution in [2.24, 2.45) is 7.05 Å². The molecule has 5 rings (SSSR count). The molecule has 1 aliphatic heterocycles. The zero-order chi connectivity index (χ0) is 20.7. The van der Waals surface area contributed by atoms with Gasteiger partial charge in [0.15, 0.2) is 0 Å². The Kier molecular flexibility index (Phi) is 4.64. The summed E-state index contributed by atoms with van der Waals surface area (Å²) in [5.74, 6) is 0.542. The van der Waals surface area contributed by atoms with Crippen LogP contribution in [0.25, 0.3) is 16.6 Å². The molecule has 0 bridgehead atoms. The molecule has 1 N–H and O–H groups in total. The van der Waals surface area contributed by atoms with Gasteiger partial charge >= 0.3 is 0 Å². The molecule has 0 saturated heterocycles. The summed E-state index contributed by atoms with van der Waals surface area (Å²) in [6.07, 6.45) is 4.60. The minimum atomic E-state index is -0.121. The van der Waals surface area contributed by atoms with E-state index in [1.165, 1.54) is 22.7 Å². The van der Waals surface area contributed by atoms with E-state index in [-0.39, 0.29) is 5.56 Å². The van der Waals surface area contributed by atoms with Crippen molar-refractivity contribution in [2.45, 2.75) is 26.5 Å². The van der Waals surface area contributed by atoms with Gasteiger partial charge in [0.1, 0.15) is 12.4 Å². The van der Waals surface area contributed by atoms with Crippen LogP contribution in [0.5, 0.6) is 5.75 Å². The van der Waals surface area contributed by atoms with Crippen molar-refractivity contribution in [3.05, 3.63) is 87.7 Å². The summed E-state index contributed by atoms with van der Waals surface area (Å²) in [4.78, 5) is 17.1. The van der Waals surface area contributed by atoms with E-state index in [2.05, 4.69) is 34.0 Å². The van der Waals surface area contributed by atoms with Crippen LogP contribution in [0.2, 0.25) is 0 Å². The van der Waals surface area contributed by atoms with Crippen LogP contribution in [0, 0.1) is 6.92 Å². The third kappa shape index (κ3) is 3.29. The summed E-state index contributed by atoms with van der Waals surface area (Å²) in [6, 6.07) is 13.5. The molecule has 30 heavy (non-hydrogen) atoms. The average Bonchev–Trinajstić information content (AvgIpc) is 3.05. The Morgan fingerprint density at radius 1 is 1.17 bits per heavy atom. The van der Waals surface area contributed by atoms with Gasteiger partial charge in [-0.05, 0) is 42.3 Å². The van der Waals surface area contributed by atoms with Gasteiger partial charge < -0.3 is 14.6 Å². The van der Waals surface area contributed by atoms with Gasteiger partial charge in [0.2, 0.25) is 0 Å². The molecule has 0 saturated carbocycles. The summed E-state index contributed by atoms with van der Waals surface area (Å²) in [5, 5.41) is 4.70. The summed E-state index contributed by atoms with van der Waals surface area (Å²) in [7, 11) is 2.11. The molecule has 152 valence electrons. The summed E-state index contributed by atoms with van der Waals surface area (Å²) in [5.41, 5.74) is 6.56. The Morgan fingerprint density at radius 3 is 2.87 bits per heavy atom. The fourth-order valence-electron chi connectivity index (χ4n) is 4.15. The molecule has 0 unspecified atom stereocenters. The van der Waals surface area contributed by atoms with Crippen molar-refractivity contribution < 1.29 is 4.74 Å².